The maximum Gasteiger partial charge on any atom is 0.187 e. The second-order valence-corrected chi connectivity index (χ2v) is 4.77. The normalized spacial score (nSPS) is 10.8. The fourth-order valence-corrected chi connectivity index (χ4v) is 1.79. The predicted octanol–water partition coefficient (Wildman–Crippen LogP) is 4.60. The molecule has 0 aliphatic heterocycles. The van der Waals surface area contributed by atoms with Crippen molar-refractivity contribution in [1.29, 1.82) is 0 Å². The van der Waals surface area contributed by atoms with Gasteiger partial charge in [-0.25, -0.2) is 4.39 Å². The minimum Gasteiger partial charge on any atom is -0.359 e. The monoisotopic (exact) mass is 289 g/mol. The summed E-state index contributed by atoms with van der Waals surface area (Å²) in [6.07, 6.45) is 2.77. The Morgan fingerprint density at radius 1 is 1.20 bits per heavy atom. The molecule has 0 amide bonds. The van der Waals surface area contributed by atoms with E-state index in [1.807, 2.05) is 19.1 Å². The smallest absolute Gasteiger partial charge is 0.187 e. The van der Waals surface area contributed by atoms with Crippen LogP contribution >= 0.6 is 11.6 Å². The molecular formula is C16H13ClFNO. The van der Waals surface area contributed by atoms with Crippen LogP contribution in [0, 0.1) is 12.7 Å². The summed E-state index contributed by atoms with van der Waals surface area (Å²) in [4.78, 5) is 11.8. The van der Waals surface area contributed by atoms with Gasteiger partial charge in [-0.05, 0) is 25.1 Å². The van der Waals surface area contributed by atoms with Gasteiger partial charge in [0.25, 0.3) is 0 Å². The molecule has 0 unspecified atom stereocenters. The van der Waals surface area contributed by atoms with E-state index in [2.05, 4.69) is 5.32 Å². The molecule has 102 valence electrons. The lowest BCUT2D eigenvalue weighted by Gasteiger charge is -2.02. The number of anilines is 1. The largest absolute Gasteiger partial charge is 0.359 e. The number of carbonyl (C=O) groups is 1. The molecule has 0 heterocycles. The Kier molecular flexibility index (Phi) is 4.53. The summed E-state index contributed by atoms with van der Waals surface area (Å²) in [6, 6.07) is 11.5. The van der Waals surface area contributed by atoms with Crippen LogP contribution in [0.1, 0.15) is 15.9 Å². The predicted molar refractivity (Wildman–Crippen MR) is 79.7 cm³/mol. The van der Waals surface area contributed by atoms with Gasteiger partial charge in [0.2, 0.25) is 0 Å². The third-order valence-corrected chi connectivity index (χ3v) is 2.98. The van der Waals surface area contributed by atoms with Crippen LogP contribution in [0.4, 0.5) is 10.1 Å². The van der Waals surface area contributed by atoms with E-state index in [1.165, 1.54) is 24.4 Å². The summed E-state index contributed by atoms with van der Waals surface area (Å²) in [6.45, 7) is 1.95. The highest BCUT2D eigenvalue weighted by Crippen LogP contribution is 2.18. The zero-order chi connectivity index (χ0) is 14.5. The standard InChI is InChI=1S/C16H13ClFNO/c1-11-2-4-12(5-3-11)16(20)8-9-19-15-7-6-13(17)10-14(15)18/h2-10,19H,1H3. The minimum absolute atomic E-state index is 0.146. The van der Waals surface area contributed by atoms with Crippen molar-refractivity contribution in [1.82, 2.24) is 0 Å². The van der Waals surface area contributed by atoms with Gasteiger partial charge < -0.3 is 5.32 Å². The number of hydrogen-bond donors (Lipinski definition) is 1. The second kappa shape index (κ2) is 6.35. The van der Waals surface area contributed by atoms with Crippen LogP contribution in [-0.2, 0) is 0 Å². The fourth-order valence-electron chi connectivity index (χ4n) is 1.63. The molecule has 0 saturated heterocycles. The van der Waals surface area contributed by atoms with Gasteiger partial charge in [0, 0.05) is 22.9 Å². The molecule has 2 aromatic rings. The molecule has 0 aliphatic carbocycles. The molecule has 0 spiro atoms. The first kappa shape index (κ1) is 14.3. The van der Waals surface area contributed by atoms with Gasteiger partial charge in [0.1, 0.15) is 5.82 Å². The van der Waals surface area contributed by atoms with Crippen LogP contribution in [0.5, 0.6) is 0 Å². The Bertz CT molecular complexity index is 650. The molecule has 2 aromatic carbocycles. The molecule has 0 bridgehead atoms. The van der Waals surface area contributed by atoms with Crippen molar-refractivity contribution in [3.05, 3.63) is 76.7 Å². The van der Waals surface area contributed by atoms with Crippen molar-refractivity contribution in [2.45, 2.75) is 6.92 Å². The molecule has 0 fully saturated rings. The number of ketones is 1. The van der Waals surface area contributed by atoms with Crippen molar-refractivity contribution >= 4 is 23.1 Å². The quantitative estimate of drug-likeness (QED) is 0.658. The molecule has 20 heavy (non-hydrogen) atoms. The van der Waals surface area contributed by atoms with Crippen LogP contribution in [0.15, 0.2) is 54.7 Å². The molecule has 1 N–H and O–H groups in total. The molecule has 0 saturated carbocycles. The first-order valence-corrected chi connectivity index (χ1v) is 6.43. The van der Waals surface area contributed by atoms with Gasteiger partial charge in [0.15, 0.2) is 5.78 Å². The fraction of sp³-hybridized carbons (Fsp3) is 0.0625. The van der Waals surface area contributed by atoms with E-state index in [9.17, 15) is 9.18 Å². The first-order valence-electron chi connectivity index (χ1n) is 6.05. The molecule has 2 nitrogen and oxygen atoms in total. The molecule has 0 radical (unpaired) electrons. The number of allylic oxidation sites excluding steroid dienone is 1. The molecule has 4 heteroatoms. The van der Waals surface area contributed by atoms with Crippen molar-refractivity contribution in [2.24, 2.45) is 0 Å². The second-order valence-electron chi connectivity index (χ2n) is 4.33. The lowest BCUT2D eigenvalue weighted by Crippen LogP contribution is -1.97. The third kappa shape index (κ3) is 3.68. The zero-order valence-electron chi connectivity index (χ0n) is 10.9. The lowest BCUT2D eigenvalue weighted by atomic mass is 10.1. The zero-order valence-corrected chi connectivity index (χ0v) is 11.6. The number of hydrogen-bond acceptors (Lipinski definition) is 2. The summed E-state index contributed by atoms with van der Waals surface area (Å²) >= 11 is 5.65. The molecule has 0 aliphatic rings. The van der Waals surface area contributed by atoms with E-state index in [4.69, 9.17) is 11.6 Å². The summed E-state index contributed by atoms with van der Waals surface area (Å²) in [5.74, 6) is -0.614. The van der Waals surface area contributed by atoms with Gasteiger partial charge in [-0.1, -0.05) is 41.4 Å². The Morgan fingerprint density at radius 2 is 1.90 bits per heavy atom. The highest BCUT2D eigenvalue weighted by Gasteiger charge is 2.02. The van der Waals surface area contributed by atoms with Gasteiger partial charge >= 0.3 is 0 Å². The molecular weight excluding hydrogens is 277 g/mol. The average molecular weight is 290 g/mol. The Balaban J connectivity index is 2.02. The topological polar surface area (TPSA) is 29.1 Å². The van der Waals surface area contributed by atoms with Gasteiger partial charge in [-0.2, -0.15) is 0 Å². The van der Waals surface area contributed by atoms with Crippen LogP contribution in [0.2, 0.25) is 5.02 Å². The van der Waals surface area contributed by atoms with Crippen LogP contribution in [0.25, 0.3) is 0 Å². The Hall–Kier alpha value is -2.13. The maximum absolute atomic E-state index is 13.5. The summed E-state index contributed by atoms with van der Waals surface area (Å²) < 4.78 is 13.5. The first-order chi connectivity index (χ1) is 9.56. The third-order valence-electron chi connectivity index (χ3n) is 2.74. The summed E-state index contributed by atoms with van der Waals surface area (Å²) in [5, 5.41) is 3.04. The van der Waals surface area contributed by atoms with E-state index in [1.54, 1.807) is 18.2 Å². The average Bonchev–Trinajstić information content (AvgIpc) is 2.42. The van der Waals surface area contributed by atoms with Crippen molar-refractivity contribution in [3.8, 4) is 0 Å². The Morgan fingerprint density at radius 3 is 2.55 bits per heavy atom. The lowest BCUT2D eigenvalue weighted by molar-refractivity contribution is 0.104. The number of halogens is 2. The Labute approximate surface area is 121 Å². The summed E-state index contributed by atoms with van der Waals surface area (Å²) in [5.41, 5.74) is 1.94. The van der Waals surface area contributed by atoms with E-state index in [0.717, 1.165) is 5.56 Å². The number of aryl methyl sites for hydroxylation is 1. The molecule has 2 rings (SSSR count). The highest BCUT2D eigenvalue weighted by atomic mass is 35.5. The highest BCUT2D eigenvalue weighted by molar-refractivity contribution is 6.30. The van der Waals surface area contributed by atoms with Crippen molar-refractivity contribution in [2.75, 3.05) is 5.32 Å². The molecule has 0 aromatic heterocycles. The molecule has 0 atom stereocenters. The van der Waals surface area contributed by atoms with E-state index >= 15 is 0 Å². The van der Waals surface area contributed by atoms with E-state index in [0.29, 0.717) is 10.6 Å². The van der Waals surface area contributed by atoms with Crippen LogP contribution < -0.4 is 5.32 Å². The van der Waals surface area contributed by atoms with Crippen LogP contribution in [-0.4, -0.2) is 5.78 Å². The van der Waals surface area contributed by atoms with E-state index in [-0.39, 0.29) is 11.5 Å². The number of carbonyl (C=O) groups excluding carboxylic acids is 1. The minimum atomic E-state index is -0.468. The van der Waals surface area contributed by atoms with Gasteiger partial charge in [-0.15, -0.1) is 0 Å². The number of rotatable bonds is 4. The van der Waals surface area contributed by atoms with Gasteiger partial charge in [-0.3, -0.25) is 4.79 Å². The van der Waals surface area contributed by atoms with Crippen LogP contribution in [0.3, 0.4) is 0 Å². The summed E-state index contributed by atoms with van der Waals surface area (Å²) in [7, 11) is 0. The number of nitrogens with one attached hydrogen (secondary N) is 1. The maximum atomic E-state index is 13.5. The number of benzene rings is 2. The van der Waals surface area contributed by atoms with E-state index < -0.39 is 5.82 Å². The van der Waals surface area contributed by atoms with Crippen molar-refractivity contribution in [3.63, 3.8) is 0 Å². The van der Waals surface area contributed by atoms with Crippen molar-refractivity contribution < 1.29 is 9.18 Å². The SMILES string of the molecule is Cc1ccc(C(=O)C=CNc2ccc(Cl)cc2F)cc1. The van der Waals surface area contributed by atoms with Gasteiger partial charge in [0.05, 0.1) is 5.69 Å².